The second-order valence-electron chi connectivity index (χ2n) is 7.82. The van der Waals surface area contributed by atoms with E-state index in [9.17, 15) is 31.7 Å². The molecule has 3 unspecified atom stereocenters. The number of ether oxygens (including phenoxy) is 1. The van der Waals surface area contributed by atoms with Crippen LogP contribution in [0.5, 0.6) is 0 Å². The molecule has 0 saturated heterocycles. The number of hydrogen-bond acceptors (Lipinski definition) is 4. The van der Waals surface area contributed by atoms with Gasteiger partial charge in [0.1, 0.15) is 0 Å². The predicted molar refractivity (Wildman–Crippen MR) is 78.3 cm³/mol. The summed E-state index contributed by atoms with van der Waals surface area (Å²) in [5.41, 5.74) is -1.87. The van der Waals surface area contributed by atoms with Crippen molar-refractivity contribution in [2.24, 2.45) is 17.3 Å². The molecule has 0 aromatic rings. The van der Waals surface area contributed by atoms with Gasteiger partial charge in [-0.25, -0.2) is 4.21 Å². The molecule has 0 aromatic carbocycles. The van der Waals surface area contributed by atoms with Crippen molar-refractivity contribution in [3.8, 4) is 0 Å². The molecule has 0 radical (unpaired) electrons. The summed E-state index contributed by atoms with van der Waals surface area (Å²) in [5, 5.41) is 5.43. The van der Waals surface area contributed by atoms with Gasteiger partial charge in [0.05, 0.1) is 24.0 Å². The molecule has 4 bridgehead atoms. The van der Waals surface area contributed by atoms with Gasteiger partial charge in [-0.05, 0) is 50.4 Å². The number of aliphatic hydroxyl groups is 1. The Balaban J connectivity index is 1.61. The minimum absolute atomic E-state index is 0.182. The van der Waals surface area contributed by atoms with Crippen LogP contribution in [-0.2, 0) is 20.6 Å². The van der Waals surface area contributed by atoms with Crippen molar-refractivity contribution < 1.29 is 41.0 Å². The fourth-order valence-corrected chi connectivity index (χ4v) is 5.51. The fourth-order valence-electron chi connectivity index (χ4n) is 5.15. The SMILES string of the molecule is O=C(OCCC(F)(F)C(F)(F)S(=O)O)C12CC3CC(CC(O)(C3)C1)C2. The van der Waals surface area contributed by atoms with Crippen molar-refractivity contribution in [1.82, 2.24) is 0 Å². The van der Waals surface area contributed by atoms with Crippen molar-refractivity contribution in [3.05, 3.63) is 0 Å². The molecule has 0 spiro atoms. The molecule has 0 aromatic heterocycles. The number of esters is 1. The van der Waals surface area contributed by atoms with Crippen molar-refractivity contribution in [3.63, 3.8) is 0 Å². The number of rotatable bonds is 6. The molecule has 10 heteroatoms. The van der Waals surface area contributed by atoms with Gasteiger partial charge in [-0.1, -0.05) is 0 Å². The van der Waals surface area contributed by atoms with Crippen LogP contribution in [0, 0.1) is 17.3 Å². The monoisotopic (exact) mass is 388 g/mol. The lowest BCUT2D eigenvalue weighted by Gasteiger charge is -2.58. The minimum Gasteiger partial charge on any atom is -0.465 e. The first-order chi connectivity index (χ1) is 11.4. The lowest BCUT2D eigenvalue weighted by molar-refractivity contribution is -0.201. The Kier molecular flexibility index (Phi) is 4.48. The van der Waals surface area contributed by atoms with Gasteiger partial charge in [0.25, 0.3) is 0 Å². The molecule has 4 rings (SSSR count). The Morgan fingerprint density at radius 3 is 2.20 bits per heavy atom. The van der Waals surface area contributed by atoms with Crippen molar-refractivity contribution in [2.45, 2.75) is 61.7 Å². The van der Waals surface area contributed by atoms with Crippen LogP contribution < -0.4 is 0 Å². The molecule has 5 nitrogen and oxygen atoms in total. The second kappa shape index (κ2) is 5.88. The third-order valence-corrected chi connectivity index (χ3v) is 6.49. The largest absolute Gasteiger partial charge is 0.465 e. The topological polar surface area (TPSA) is 83.8 Å². The Bertz CT molecular complexity index is 582. The maximum Gasteiger partial charge on any atom is 0.406 e. The number of alkyl halides is 4. The lowest BCUT2D eigenvalue weighted by Crippen LogP contribution is -2.58. The molecule has 4 saturated carbocycles. The van der Waals surface area contributed by atoms with Crippen molar-refractivity contribution in [1.29, 1.82) is 0 Å². The third-order valence-electron chi connectivity index (χ3n) is 5.76. The standard InChI is InChI=1S/C15H20F4O5S/c16-14(17,15(18,19)25(22)23)1-2-24-11(20)12-4-9-3-10(5-12)7-13(21,6-9)8-12/h9-10,21H,1-8H2,(H,22,23). The van der Waals surface area contributed by atoms with E-state index >= 15 is 0 Å². The van der Waals surface area contributed by atoms with Gasteiger partial charge < -0.3 is 14.4 Å². The van der Waals surface area contributed by atoms with Gasteiger partial charge in [0.15, 0.2) is 0 Å². The number of carbonyl (C=O) groups is 1. The molecule has 4 aliphatic carbocycles. The quantitative estimate of drug-likeness (QED) is 0.415. The Hall–Kier alpha value is -0.740. The zero-order valence-corrected chi connectivity index (χ0v) is 14.2. The van der Waals surface area contributed by atoms with E-state index in [4.69, 9.17) is 9.29 Å². The predicted octanol–water partition coefficient (Wildman–Crippen LogP) is 2.70. The maximum absolute atomic E-state index is 13.4. The summed E-state index contributed by atoms with van der Waals surface area (Å²) in [6.07, 6.45) is 1.83. The summed E-state index contributed by atoms with van der Waals surface area (Å²) < 4.78 is 76.4. The number of halogens is 4. The highest BCUT2D eigenvalue weighted by atomic mass is 32.2. The highest BCUT2D eigenvalue weighted by Crippen LogP contribution is 2.62. The Morgan fingerprint density at radius 2 is 1.72 bits per heavy atom. The highest BCUT2D eigenvalue weighted by Gasteiger charge is 2.62. The van der Waals surface area contributed by atoms with Gasteiger partial charge in [-0.15, -0.1) is 0 Å². The minimum atomic E-state index is -5.12. The molecule has 2 N–H and O–H groups in total. The van der Waals surface area contributed by atoms with Crippen LogP contribution >= 0.6 is 0 Å². The Morgan fingerprint density at radius 1 is 1.16 bits per heavy atom. The highest BCUT2D eigenvalue weighted by molar-refractivity contribution is 7.80. The van der Waals surface area contributed by atoms with E-state index in [2.05, 4.69) is 0 Å². The summed E-state index contributed by atoms with van der Waals surface area (Å²) >= 11 is -4.03. The van der Waals surface area contributed by atoms with Crippen molar-refractivity contribution in [2.75, 3.05) is 6.61 Å². The molecule has 0 aliphatic heterocycles. The molecule has 0 heterocycles. The van der Waals surface area contributed by atoms with Gasteiger partial charge in [0.2, 0.25) is 11.1 Å². The lowest BCUT2D eigenvalue weighted by atomic mass is 9.48. The van der Waals surface area contributed by atoms with E-state index in [0.717, 1.165) is 6.42 Å². The van der Waals surface area contributed by atoms with Gasteiger partial charge in [-0.2, -0.15) is 17.6 Å². The van der Waals surface area contributed by atoms with E-state index < -0.39 is 52.3 Å². The summed E-state index contributed by atoms with van der Waals surface area (Å²) in [6, 6.07) is 0. The van der Waals surface area contributed by atoms with E-state index in [1.54, 1.807) is 0 Å². The van der Waals surface area contributed by atoms with Crippen LogP contribution in [0.3, 0.4) is 0 Å². The maximum atomic E-state index is 13.4. The fraction of sp³-hybridized carbons (Fsp3) is 0.933. The first kappa shape index (κ1) is 19.0. The molecule has 25 heavy (non-hydrogen) atoms. The van der Waals surface area contributed by atoms with E-state index in [1.807, 2.05) is 0 Å². The van der Waals surface area contributed by atoms with E-state index in [1.165, 1.54) is 0 Å². The molecule has 3 atom stereocenters. The van der Waals surface area contributed by atoms with E-state index in [0.29, 0.717) is 25.7 Å². The Labute approximate surface area is 144 Å². The first-order valence-electron chi connectivity index (χ1n) is 8.15. The number of hydrogen-bond donors (Lipinski definition) is 2. The summed E-state index contributed by atoms with van der Waals surface area (Å²) in [4.78, 5) is 12.4. The molecular weight excluding hydrogens is 368 g/mol. The number of carbonyl (C=O) groups excluding carboxylic acids is 1. The summed E-state index contributed by atoms with van der Waals surface area (Å²) in [7, 11) is 0. The van der Waals surface area contributed by atoms with Gasteiger partial charge in [0, 0.05) is 0 Å². The van der Waals surface area contributed by atoms with Gasteiger partial charge in [-0.3, -0.25) is 4.79 Å². The van der Waals surface area contributed by atoms with Crippen LogP contribution in [-0.4, -0.2) is 43.2 Å². The van der Waals surface area contributed by atoms with Crippen LogP contribution in [0.15, 0.2) is 0 Å². The molecule has 4 aliphatic rings. The average Bonchev–Trinajstić information content (AvgIpc) is 2.43. The van der Waals surface area contributed by atoms with Crippen LogP contribution in [0.25, 0.3) is 0 Å². The summed E-state index contributed by atoms with van der Waals surface area (Å²) in [6.45, 7) is -0.978. The third kappa shape index (κ3) is 3.21. The summed E-state index contributed by atoms with van der Waals surface area (Å²) in [5.74, 6) is -5.15. The smallest absolute Gasteiger partial charge is 0.406 e. The first-order valence-corrected chi connectivity index (χ1v) is 9.26. The van der Waals surface area contributed by atoms with Crippen LogP contribution in [0.2, 0.25) is 0 Å². The van der Waals surface area contributed by atoms with Crippen LogP contribution in [0.1, 0.15) is 44.9 Å². The van der Waals surface area contributed by atoms with Crippen molar-refractivity contribution >= 4 is 17.0 Å². The van der Waals surface area contributed by atoms with E-state index in [-0.39, 0.29) is 18.3 Å². The molecule has 0 amide bonds. The zero-order valence-electron chi connectivity index (χ0n) is 13.4. The normalized spacial score (nSPS) is 38.6. The second-order valence-corrected chi connectivity index (χ2v) is 8.83. The van der Waals surface area contributed by atoms with Crippen LogP contribution in [0.4, 0.5) is 17.6 Å². The molecule has 4 fully saturated rings. The average molecular weight is 388 g/mol. The molecule has 144 valence electrons. The molecular formula is C15H20F4O5S. The van der Waals surface area contributed by atoms with Gasteiger partial charge >= 0.3 is 17.1 Å². The zero-order chi connectivity index (χ0) is 18.7.